The van der Waals surface area contributed by atoms with Crippen LogP contribution in [0.2, 0.25) is 0 Å². The van der Waals surface area contributed by atoms with Crippen LogP contribution in [0.25, 0.3) is 6.08 Å². The van der Waals surface area contributed by atoms with Crippen molar-refractivity contribution in [3.63, 3.8) is 0 Å². The zero-order chi connectivity index (χ0) is 8.27. The summed E-state index contributed by atoms with van der Waals surface area (Å²) in [6.07, 6.45) is 1.86. The normalized spacial score (nSPS) is 10.6. The molecule has 0 aromatic carbocycles. The number of hydrogen-bond acceptors (Lipinski definition) is 2. The molecule has 0 saturated heterocycles. The second kappa shape index (κ2) is 3.69. The van der Waals surface area contributed by atoms with Gasteiger partial charge in [-0.2, -0.15) is 0 Å². The Hall–Kier alpha value is -0.610. The van der Waals surface area contributed by atoms with Gasteiger partial charge < -0.3 is 5.73 Å². The number of carbonyl (C=O) groups is 1. The first-order valence-electron chi connectivity index (χ1n) is 2.89. The van der Waals surface area contributed by atoms with E-state index in [1.165, 1.54) is 11.3 Å². The fourth-order valence-corrected chi connectivity index (χ4v) is 1.88. The smallest absolute Gasteiger partial charge is 0.249 e. The molecule has 0 fully saturated rings. The number of nitrogens with two attached hydrogens (primary N) is 1. The molecule has 1 heterocycles. The Morgan fingerprint density at radius 3 is 2.91 bits per heavy atom. The van der Waals surface area contributed by atoms with Crippen molar-refractivity contribution in [1.82, 2.24) is 0 Å². The first-order valence-corrected chi connectivity index (χ1v) is 4.68. The lowest BCUT2D eigenvalue weighted by Gasteiger charge is -1.82. The number of thiophene rings is 1. The van der Waals surface area contributed by atoms with E-state index in [0.29, 0.717) is 5.56 Å². The topological polar surface area (TPSA) is 43.1 Å². The van der Waals surface area contributed by atoms with Crippen molar-refractivity contribution >= 4 is 39.2 Å². The largest absolute Gasteiger partial charge is 0.366 e. The molecule has 0 unspecified atom stereocenters. The molecule has 1 amide bonds. The van der Waals surface area contributed by atoms with Crippen LogP contribution >= 0.6 is 27.3 Å². The van der Waals surface area contributed by atoms with Gasteiger partial charge in [0.15, 0.2) is 0 Å². The van der Waals surface area contributed by atoms with Crippen LogP contribution in [0.3, 0.4) is 0 Å². The van der Waals surface area contributed by atoms with Crippen LogP contribution in [-0.2, 0) is 0 Å². The SMILES string of the molecule is NC(=O)c1csc(/C=C/Br)c1. The second-order valence-electron chi connectivity index (χ2n) is 1.89. The summed E-state index contributed by atoms with van der Waals surface area (Å²) in [5.41, 5.74) is 5.62. The van der Waals surface area contributed by atoms with E-state index in [9.17, 15) is 4.79 Å². The maximum absolute atomic E-state index is 10.6. The molecule has 4 heteroatoms. The number of halogens is 1. The Labute approximate surface area is 76.8 Å². The Kier molecular flexibility index (Phi) is 2.84. The summed E-state index contributed by atoms with van der Waals surface area (Å²) in [5, 5.41) is 1.74. The molecule has 1 aromatic heterocycles. The van der Waals surface area contributed by atoms with Crippen LogP contribution in [-0.4, -0.2) is 5.91 Å². The van der Waals surface area contributed by atoms with E-state index in [1.807, 2.05) is 6.08 Å². The van der Waals surface area contributed by atoms with Gasteiger partial charge >= 0.3 is 0 Å². The lowest BCUT2D eigenvalue weighted by molar-refractivity contribution is 0.100. The Bertz CT molecular complexity index is 292. The molecule has 0 aliphatic heterocycles. The van der Waals surface area contributed by atoms with Gasteiger partial charge in [0.1, 0.15) is 0 Å². The minimum Gasteiger partial charge on any atom is -0.366 e. The highest BCUT2D eigenvalue weighted by Gasteiger charge is 2.01. The third-order valence-electron chi connectivity index (χ3n) is 1.13. The van der Waals surface area contributed by atoms with E-state index in [4.69, 9.17) is 5.73 Å². The maximum atomic E-state index is 10.6. The van der Waals surface area contributed by atoms with Crippen LogP contribution in [0.1, 0.15) is 15.2 Å². The van der Waals surface area contributed by atoms with Crippen LogP contribution in [0, 0.1) is 0 Å². The second-order valence-corrected chi connectivity index (χ2v) is 3.37. The lowest BCUT2D eigenvalue weighted by atomic mass is 10.3. The third kappa shape index (κ3) is 2.17. The highest BCUT2D eigenvalue weighted by Crippen LogP contribution is 2.16. The van der Waals surface area contributed by atoms with Crippen molar-refractivity contribution in [1.29, 1.82) is 0 Å². The lowest BCUT2D eigenvalue weighted by Crippen LogP contribution is -2.08. The van der Waals surface area contributed by atoms with Gasteiger partial charge in [0.05, 0.1) is 5.56 Å². The number of rotatable bonds is 2. The molecule has 0 aliphatic rings. The fourth-order valence-electron chi connectivity index (χ4n) is 0.632. The molecule has 0 aliphatic carbocycles. The quantitative estimate of drug-likeness (QED) is 0.834. The number of hydrogen-bond donors (Lipinski definition) is 1. The molecular weight excluding hydrogens is 226 g/mol. The predicted octanol–water partition coefficient (Wildman–Crippen LogP) is 2.21. The molecule has 1 aromatic rings. The molecule has 11 heavy (non-hydrogen) atoms. The summed E-state index contributed by atoms with van der Waals surface area (Å²) >= 11 is 4.63. The van der Waals surface area contributed by atoms with Crippen LogP contribution < -0.4 is 5.73 Å². The molecule has 0 atom stereocenters. The summed E-state index contributed by atoms with van der Waals surface area (Å²) < 4.78 is 0. The summed E-state index contributed by atoms with van der Waals surface area (Å²) in [6, 6.07) is 1.75. The molecule has 2 nitrogen and oxygen atoms in total. The zero-order valence-corrected chi connectivity index (χ0v) is 7.98. The molecule has 0 saturated carbocycles. The first kappa shape index (κ1) is 8.49. The molecular formula is C7H6BrNOS. The Morgan fingerprint density at radius 1 is 1.73 bits per heavy atom. The van der Waals surface area contributed by atoms with Crippen LogP contribution in [0.15, 0.2) is 16.4 Å². The Morgan fingerprint density at radius 2 is 2.45 bits per heavy atom. The van der Waals surface area contributed by atoms with Crippen molar-refractivity contribution in [3.05, 3.63) is 26.9 Å². The van der Waals surface area contributed by atoms with Crippen molar-refractivity contribution in [3.8, 4) is 0 Å². The number of primary amides is 1. The summed E-state index contributed by atoms with van der Waals surface area (Å²) in [4.78, 5) is 13.4. The van der Waals surface area contributed by atoms with Crippen LogP contribution in [0.5, 0.6) is 0 Å². The Balaban J connectivity index is 2.90. The van der Waals surface area contributed by atoms with Crippen LogP contribution in [0.4, 0.5) is 0 Å². The van der Waals surface area contributed by atoms with Gasteiger partial charge in [0, 0.05) is 10.3 Å². The molecule has 0 radical (unpaired) electrons. The van der Waals surface area contributed by atoms with Gasteiger partial charge in [-0.25, -0.2) is 0 Å². The van der Waals surface area contributed by atoms with Gasteiger partial charge in [0.25, 0.3) is 0 Å². The molecule has 0 spiro atoms. The number of carbonyl (C=O) groups excluding carboxylic acids is 1. The van der Waals surface area contributed by atoms with Crippen molar-refractivity contribution in [2.75, 3.05) is 0 Å². The summed E-state index contributed by atoms with van der Waals surface area (Å²) in [6.45, 7) is 0. The van der Waals surface area contributed by atoms with Gasteiger partial charge in [-0.1, -0.05) is 15.9 Å². The van der Waals surface area contributed by atoms with Gasteiger partial charge in [-0.05, 0) is 17.1 Å². The minimum atomic E-state index is -0.379. The average Bonchev–Trinajstić information content (AvgIpc) is 2.37. The monoisotopic (exact) mass is 231 g/mol. The van der Waals surface area contributed by atoms with Gasteiger partial charge in [0.2, 0.25) is 5.91 Å². The summed E-state index contributed by atoms with van der Waals surface area (Å²) in [5.74, 6) is -0.379. The highest BCUT2D eigenvalue weighted by molar-refractivity contribution is 9.11. The van der Waals surface area contributed by atoms with E-state index >= 15 is 0 Å². The van der Waals surface area contributed by atoms with E-state index in [2.05, 4.69) is 15.9 Å². The minimum absolute atomic E-state index is 0.379. The predicted molar refractivity (Wildman–Crippen MR) is 50.8 cm³/mol. The third-order valence-corrected chi connectivity index (χ3v) is 2.29. The molecule has 58 valence electrons. The molecule has 1 rings (SSSR count). The first-order chi connectivity index (χ1) is 5.24. The maximum Gasteiger partial charge on any atom is 0.249 e. The fraction of sp³-hybridized carbons (Fsp3) is 0. The van der Waals surface area contributed by atoms with E-state index in [-0.39, 0.29) is 5.91 Å². The summed E-state index contributed by atoms with van der Waals surface area (Å²) in [7, 11) is 0. The van der Waals surface area contributed by atoms with Crippen molar-refractivity contribution in [2.45, 2.75) is 0 Å². The van der Waals surface area contributed by atoms with Crippen molar-refractivity contribution < 1.29 is 4.79 Å². The molecule has 2 N–H and O–H groups in total. The van der Waals surface area contributed by atoms with Gasteiger partial charge in [-0.3, -0.25) is 4.79 Å². The van der Waals surface area contributed by atoms with E-state index in [0.717, 1.165) is 4.88 Å². The molecule has 0 bridgehead atoms. The van der Waals surface area contributed by atoms with Crippen molar-refractivity contribution in [2.24, 2.45) is 5.73 Å². The van der Waals surface area contributed by atoms with E-state index < -0.39 is 0 Å². The zero-order valence-electron chi connectivity index (χ0n) is 5.58. The number of amides is 1. The van der Waals surface area contributed by atoms with Gasteiger partial charge in [-0.15, -0.1) is 11.3 Å². The average molecular weight is 232 g/mol. The highest BCUT2D eigenvalue weighted by atomic mass is 79.9. The standard InChI is InChI=1S/C7H6BrNOS/c8-2-1-6-3-5(4-11-6)7(9)10/h1-4H,(H2,9,10)/b2-1+. The van der Waals surface area contributed by atoms with E-state index in [1.54, 1.807) is 16.4 Å².